The summed E-state index contributed by atoms with van der Waals surface area (Å²) >= 11 is 0. The van der Waals surface area contributed by atoms with Crippen molar-refractivity contribution in [3.05, 3.63) is 48.7 Å². The lowest BCUT2D eigenvalue weighted by atomic mass is 10.1. The van der Waals surface area contributed by atoms with Crippen LogP contribution in [-0.2, 0) is 21.4 Å². The molecule has 2 N–H and O–H groups in total. The second kappa shape index (κ2) is 10.1. The van der Waals surface area contributed by atoms with Crippen LogP contribution in [0.25, 0.3) is 11.1 Å². The van der Waals surface area contributed by atoms with Gasteiger partial charge < -0.3 is 20.1 Å². The van der Waals surface area contributed by atoms with Crippen molar-refractivity contribution in [2.75, 3.05) is 16.8 Å². The van der Waals surface area contributed by atoms with Gasteiger partial charge in [-0.15, -0.1) is 0 Å². The number of nitrogens with one attached hydrogen (secondary N) is 1. The fourth-order valence-corrected chi connectivity index (χ4v) is 3.10. The number of anilines is 2. The molecule has 0 fully saturated rings. The minimum absolute atomic E-state index is 0.0773. The van der Waals surface area contributed by atoms with Gasteiger partial charge in [-0.05, 0) is 38.5 Å². The zero-order valence-electron chi connectivity index (χ0n) is 18.8. The van der Waals surface area contributed by atoms with Crippen molar-refractivity contribution in [3.8, 4) is 11.1 Å². The van der Waals surface area contributed by atoms with Gasteiger partial charge >= 0.3 is 6.09 Å². The first-order valence-electron chi connectivity index (χ1n) is 10.2. The fourth-order valence-electron chi connectivity index (χ4n) is 3.10. The molecule has 0 aliphatic heterocycles. The second-order valence-electron chi connectivity index (χ2n) is 7.69. The number of carbonyl (C=O) groups excluding carboxylic acids is 3. The first kappa shape index (κ1) is 23.7. The summed E-state index contributed by atoms with van der Waals surface area (Å²) in [5.74, 6) is -0.382. The predicted molar refractivity (Wildman–Crippen MR) is 121 cm³/mol. The van der Waals surface area contributed by atoms with E-state index in [1.807, 2.05) is 12.3 Å². The van der Waals surface area contributed by atoms with E-state index < -0.39 is 18.1 Å². The molecule has 174 valence electrons. The third kappa shape index (κ3) is 5.83. The molecule has 2 aromatic heterocycles. The molecule has 0 saturated heterocycles. The van der Waals surface area contributed by atoms with Gasteiger partial charge in [0.05, 0.1) is 25.0 Å². The summed E-state index contributed by atoms with van der Waals surface area (Å²) in [6, 6.07) is 7.10. The van der Waals surface area contributed by atoms with E-state index in [0.717, 1.165) is 15.7 Å². The number of carbonyl (C=O) groups is 3. The van der Waals surface area contributed by atoms with E-state index in [1.54, 1.807) is 56.9 Å². The van der Waals surface area contributed by atoms with Crippen LogP contribution in [0.15, 0.2) is 42.9 Å². The summed E-state index contributed by atoms with van der Waals surface area (Å²) < 4.78 is 7.94. The fraction of sp³-hybridized carbons (Fsp3) is 0.318. The summed E-state index contributed by atoms with van der Waals surface area (Å²) in [7, 11) is 1.80. The van der Waals surface area contributed by atoms with Crippen LogP contribution in [0.3, 0.4) is 0 Å². The van der Waals surface area contributed by atoms with Gasteiger partial charge in [0.25, 0.3) is 5.91 Å². The zero-order valence-corrected chi connectivity index (χ0v) is 18.8. The van der Waals surface area contributed by atoms with Gasteiger partial charge in [0.15, 0.2) is 11.9 Å². The number of nitrogens with zero attached hydrogens (tertiary/aromatic N) is 5. The molecule has 0 radical (unpaired) electrons. The van der Waals surface area contributed by atoms with Crippen LogP contribution in [0.1, 0.15) is 19.7 Å². The molecule has 0 aliphatic carbocycles. The number of amides is 2. The van der Waals surface area contributed by atoms with Crippen LogP contribution in [-0.4, -0.2) is 61.6 Å². The number of aromatic nitrogens is 4. The average Bonchev–Trinajstić information content (AvgIpc) is 3.36. The number of imidazole rings is 1. The molecule has 1 aromatic carbocycles. The summed E-state index contributed by atoms with van der Waals surface area (Å²) in [6.45, 7) is 4.74. The molecule has 33 heavy (non-hydrogen) atoms. The van der Waals surface area contributed by atoms with Gasteiger partial charge in [0, 0.05) is 24.5 Å². The van der Waals surface area contributed by atoms with Crippen LogP contribution in [0, 0.1) is 6.92 Å². The minimum Gasteiger partial charge on any atom is -0.446 e. The Morgan fingerprint density at radius 2 is 2.03 bits per heavy atom. The summed E-state index contributed by atoms with van der Waals surface area (Å²) in [5, 5.41) is 17.0. The summed E-state index contributed by atoms with van der Waals surface area (Å²) in [4.78, 5) is 41.6. The number of hydrogen-bond acceptors (Lipinski definition) is 7. The maximum atomic E-state index is 12.5. The lowest BCUT2D eigenvalue weighted by Crippen LogP contribution is -2.39. The van der Waals surface area contributed by atoms with E-state index in [-0.39, 0.29) is 18.5 Å². The first-order chi connectivity index (χ1) is 15.7. The Kier molecular flexibility index (Phi) is 7.23. The third-order valence-corrected chi connectivity index (χ3v) is 4.68. The minimum atomic E-state index is -1.54. The van der Waals surface area contributed by atoms with Gasteiger partial charge in [-0.3, -0.25) is 14.3 Å². The van der Waals surface area contributed by atoms with Gasteiger partial charge in [0.2, 0.25) is 6.41 Å². The van der Waals surface area contributed by atoms with Gasteiger partial charge in [-0.25, -0.2) is 14.3 Å². The quantitative estimate of drug-likeness (QED) is 0.497. The average molecular weight is 454 g/mol. The molecule has 0 aliphatic rings. The lowest BCUT2D eigenvalue weighted by molar-refractivity contribution is -0.123. The predicted octanol–water partition coefficient (Wildman–Crippen LogP) is 1.95. The van der Waals surface area contributed by atoms with Crippen LogP contribution < -0.4 is 10.2 Å². The van der Waals surface area contributed by atoms with Gasteiger partial charge in [-0.2, -0.15) is 5.10 Å². The van der Waals surface area contributed by atoms with Crippen LogP contribution >= 0.6 is 0 Å². The number of benzene rings is 1. The monoisotopic (exact) mass is 454 g/mol. The number of aliphatic hydroxyl groups excluding tert-OH is 1. The Labute approximate surface area is 190 Å². The third-order valence-electron chi connectivity index (χ3n) is 4.68. The van der Waals surface area contributed by atoms with Crippen molar-refractivity contribution in [2.24, 2.45) is 7.05 Å². The number of aryl methyl sites for hydroxylation is 2. The molecule has 3 rings (SSSR count). The van der Waals surface area contributed by atoms with E-state index in [4.69, 9.17) is 4.74 Å². The second-order valence-corrected chi connectivity index (χ2v) is 7.69. The maximum absolute atomic E-state index is 12.5. The van der Waals surface area contributed by atoms with Crippen LogP contribution in [0.5, 0.6) is 0 Å². The Balaban J connectivity index is 1.68. The molecule has 1 atom stereocenters. The topological polar surface area (TPSA) is 132 Å². The molecule has 3 aromatic rings. The molecule has 0 unspecified atom stereocenters. The summed E-state index contributed by atoms with van der Waals surface area (Å²) in [5.41, 5.74) is 2.21. The van der Waals surface area contributed by atoms with Crippen molar-refractivity contribution in [1.82, 2.24) is 19.3 Å². The molecular weight excluding hydrogens is 428 g/mol. The molecule has 0 bridgehead atoms. The zero-order chi connectivity index (χ0) is 24.1. The number of hydrogen-bond donors (Lipinski definition) is 2. The van der Waals surface area contributed by atoms with E-state index in [1.165, 1.54) is 11.1 Å². The molecule has 11 heteroatoms. The smallest absolute Gasteiger partial charge is 0.419 e. The van der Waals surface area contributed by atoms with E-state index in [2.05, 4.69) is 15.4 Å². The van der Waals surface area contributed by atoms with Gasteiger partial charge in [-0.1, -0.05) is 12.1 Å². The van der Waals surface area contributed by atoms with Crippen LogP contribution in [0.4, 0.5) is 16.3 Å². The Morgan fingerprint density at radius 3 is 2.67 bits per heavy atom. The molecule has 2 heterocycles. The Hall–Kier alpha value is -3.99. The molecule has 0 spiro atoms. The van der Waals surface area contributed by atoms with E-state index in [9.17, 15) is 19.5 Å². The highest BCUT2D eigenvalue weighted by atomic mass is 16.6. The summed E-state index contributed by atoms with van der Waals surface area (Å²) in [6.07, 6.45) is 2.90. The van der Waals surface area contributed by atoms with Gasteiger partial charge in [0.1, 0.15) is 5.82 Å². The van der Waals surface area contributed by atoms with E-state index in [0.29, 0.717) is 17.9 Å². The molecule has 2 amide bonds. The van der Waals surface area contributed by atoms with Crippen LogP contribution in [0.2, 0.25) is 0 Å². The largest absolute Gasteiger partial charge is 0.446 e. The van der Waals surface area contributed by atoms with Crippen molar-refractivity contribution in [2.45, 2.75) is 33.0 Å². The molecule has 11 nitrogen and oxygen atoms in total. The highest BCUT2D eigenvalue weighted by molar-refractivity contribution is 5.94. The molecule has 0 saturated carbocycles. The van der Waals surface area contributed by atoms with E-state index >= 15 is 0 Å². The maximum Gasteiger partial charge on any atom is 0.419 e. The normalized spacial score (nSPS) is 11.8. The number of aliphatic hydroxyl groups is 1. The SMILES string of the molecule is Cc1nc(NC(=O)[C@@H](O)CN(C=O)c2cccc(-c3cnn(C)c3)c2)cn1C(=O)OC(C)C. The lowest BCUT2D eigenvalue weighted by Gasteiger charge is -2.21. The number of ether oxygens (including phenoxy) is 1. The highest BCUT2D eigenvalue weighted by Crippen LogP contribution is 2.24. The van der Waals surface area contributed by atoms with Crippen molar-refractivity contribution >= 4 is 29.9 Å². The van der Waals surface area contributed by atoms with Crippen molar-refractivity contribution < 1.29 is 24.2 Å². The van der Waals surface area contributed by atoms with Crippen molar-refractivity contribution in [3.63, 3.8) is 0 Å². The molecular formula is C22H26N6O5. The Bertz CT molecular complexity index is 1150. The van der Waals surface area contributed by atoms with Crippen molar-refractivity contribution in [1.29, 1.82) is 0 Å². The standard InChI is InChI=1S/C22H26N6O5/c1-14(2)33-22(32)28-12-20(24-15(28)3)25-21(31)19(30)11-27(13-29)18-7-5-6-16(8-18)17-9-23-26(4)10-17/h5-10,12-14,19,30H,11H2,1-4H3,(H,25,31)/t19-/m0/s1. The first-order valence-corrected chi connectivity index (χ1v) is 10.2. The highest BCUT2D eigenvalue weighted by Gasteiger charge is 2.22. The Morgan fingerprint density at radius 1 is 1.27 bits per heavy atom. The number of rotatable bonds is 8.